The molecule has 4 aliphatic carbocycles. The highest BCUT2D eigenvalue weighted by atomic mass is 28.4. The van der Waals surface area contributed by atoms with Crippen molar-refractivity contribution in [1.29, 1.82) is 5.26 Å². The van der Waals surface area contributed by atoms with Gasteiger partial charge in [0.15, 0.2) is 8.32 Å². The molecule has 3 heteroatoms. The maximum atomic E-state index is 9.86. The highest BCUT2D eigenvalue weighted by Gasteiger charge is 2.60. The van der Waals surface area contributed by atoms with Crippen LogP contribution in [-0.2, 0) is 4.43 Å². The van der Waals surface area contributed by atoms with Gasteiger partial charge in [0.2, 0.25) is 0 Å². The van der Waals surface area contributed by atoms with Crippen molar-refractivity contribution in [1.82, 2.24) is 0 Å². The Balaban J connectivity index is 1.93. The molecule has 4 bridgehead atoms. The normalized spacial score (nSPS) is 43.8. The standard InChI is InChI=1S/C16H27NOSi/c1-15(11-17,18-19(2,3)4)16-8-12-5-13(9-16)7-14(6-12)10-16/h12-14H,5-10H2,1-4H3. The Bertz CT molecular complexity index is 384. The van der Waals surface area contributed by atoms with Gasteiger partial charge >= 0.3 is 0 Å². The number of hydrogen-bond donors (Lipinski definition) is 0. The second-order valence-corrected chi connectivity index (χ2v) is 13.0. The first kappa shape index (κ1) is 13.6. The van der Waals surface area contributed by atoms with E-state index in [0.29, 0.717) is 0 Å². The van der Waals surface area contributed by atoms with Crippen molar-refractivity contribution in [3.8, 4) is 6.07 Å². The van der Waals surface area contributed by atoms with Gasteiger partial charge in [0, 0.05) is 5.41 Å². The summed E-state index contributed by atoms with van der Waals surface area (Å²) in [5.41, 5.74) is -0.385. The minimum Gasteiger partial charge on any atom is -0.400 e. The summed E-state index contributed by atoms with van der Waals surface area (Å²) in [5.74, 6) is 2.64. The summed E-state index contributed by atoms with van der Waals surface area (Å²) in [6.07, 6.45) is 8.00. The first-order valence-corrected chi connectivity index (χ1v) is 11.3. The molecule has 1 atom stereocenters. The van der Waals surface area contributed by atoms with Crippen LogP contribution in [0.4, 0.5) is 0 Å². The van der Waals surface area contributed by atoms with Gasteiger partial charge in [-0.1, -0.05) is 0 Å². The lowest BCUT2D eigenvalue weighted by atomic mass is 9.46. The lowest BCUT2D eigenvalue weighted by molar-refractivity contribution is -0.137. The predicted molar refractivity (Wildman–Crippen MR) is 79.1 cm³/mol. The molecule has 0 aromatic heterocycles. The molecule has 0 amide bonds. The van der Waals surface area contributed by atoms with E-state index >= 15 is 0 Å². The van der Waals surface area contributed by atoms with E-state index in [1.54, 1.807) is 0 Å². The average Bonchev–Trinajstić information content (AvgIpc) is 2.24. The molecule has 1 unspecified atom stereocenters. The van der Waals surface area contributed by atoms with Crippen LogP contribution in [0.15, 0.2) is 0 Å². The summed E-state index contributed by atoms with van der Waals surface area (Å²) in [4.78, 5) is 0. The Morgan fingerprint density at radius 2 is 1.47 bits per heavy atom. The van der Waals surface area contributed by atoms with E-state index in [9.17, 15) is 5.26 Å². The third kappa shape index (κ3) is 2.17. The third-order valence-electron chi connectivity index (χ3n) is 5.77. The molecule has 4 aliphatic rings. The fourth-order valence-electron chi connectivity index (χ4n) is 5.56. The maximum Gasteiger partial charge on any atom is 0.185 e. The molecule has 0 N–H and O–H groups in total. The Hall–Kier alpha value is -0.333. The van der Waals surface area contributed by atoms with Gasteiger partial charge in [0.25, 0.3) is 0 Å². The summed E-state index contributed by atoms with van der Waals surface area (Å²) in [6, 6.07) is 2.60. The fraction of sp³-hybridized carbons (Fsp3) is 0.938. The average molecular weight is 277 g/mol. The molecule has 0 aliphatic heterocycles. The highest BCUT2D eigenvalue weighted by molar-refractivity contribution is 6.69. The van der Waals surface area contributed by atoms with Crippen molar-refractivity contribution in [2.75, 3.05) is 0 Å². The predicted octanol–water partition coefficient (Wildman–Crippen LogP) is 4.34. The minimum absolute atomic E-state index is 0.163. The molecule has 0 saturated heterocycles. The molecule has 0 radical (unpaired) electrons. The lowest BCUT2D eigenvalue weighted by Crippen LogP contribution is -2.59. The van der Waals surface area contributed by atoms with E-state index in [2.05, 4.69) is 32.6 Å². The van der Waals surface area contributed by atoms with Crippen molar-refractivity contribution >= 4 is 8.32 Å². The third-order valence-corrected chi connectivity index (χ3v) is 6.79. The molecular formula is C16H27NOSi. The Kier molecular flexibility index (Phi) is 2.93. The summed E-state index contributed by atoms with van der Waals surface area (Å²) in [6.45, 7) is 8.73. The molecule has 0 aromatic rings. The van der Waals surface area contributed by atoms with Gasteiger partial charge in [0.05, 0.1) is 6.07 Å². The summed E-state index contributed by atoms with van der Waals surface area (Å²) < 4.78 is 6.44. The number of nitriles is 1. The molecule has 4 saturated carbocycles. The monoisotopic (exact) mass is 277 g/mol. The molecule has 0 spiro atoms. The fourth-order valence-corrected chi connectivity index (χ4v) is 7.04. The van der Waals surface area contributed by atoms with E-state index in [1.165, 1.54) is 38.5 Å². The molecule has 106 valence electrons. The molecule has 0 aromatic carbocycles. The number of nitrogens with zero attached hydrogens (tertiary/aromatic N) is 1. The van der Waals surface area contributed by atoms with E-state index in [1.807, 2.05) is 0 Å². The Morgan fingerprint density at radius 3 is 1.79 bits per heavy atom. The number of rotatable bonds is 3. The van der Waals surface area contributed by atoms with Crippen molar-refractivity contribution < 1.29 is 4.43 Å². The van der Waals surface area contributed by atoms with Crippen LogP contribution in [0, 0.1) is 34.5 Å². The van der Waals surface area contributed by atoms with Crippen LogP contribution < -0.4 is 0 Å². The van der Waals surface area contributed by atoms with Crippen LogP contribution in [0.1, 0.15) is 45.4 Å². The first-order valence-electron chi connectivity index (χ1n) is 7.87. The minimum atomic E-state index is -1.69. The van der Waals surface area contributed by atoms with Crippen LogP contribution >= 0.6 is 0 Å². The Labute approximate surface area is 118 Å². The van der Waals surface area contributed by atoms with Crippen LogP contribution in [0.3, 0.4) is 0 Å². The molecule has 2 nitrogen and oxygen atoms in total. The van der Waals surface area contributed by atoms with Crippen LogP contribution in [0.5, 0.6) is 0 Å². The smallest absolute Gasteiger partial charge is 0.185 e. The maximum absolute atomic E-state index is 9.86. The van der Waals surface area contributed by atoms with Crippen LogP contribution in [0.2, 0.25) is 19.6 Å². The summed E-state index contributed by atoms with van der Waals surface area (Å²) in [7, 11) is -1.69. The van der Waals surface area contributed by atoms with Crippen molar-refractivity contribution in [3.05, 3.63) is 0 Å². The van der Waals surface area contributed by atoms with Crippen molar-refractivity contribution in [3.63, 3.8) is 0 Å². The largest absolute Gasteiger partial charge is 0.400 e. The second kappa shape index (κ2) is 4.08. The van der Waals surface area contributed by atoms with Gasteiger partial charge in [0.1, 0.15) is 5.60 Å². The number of hydrogen-bond acceptors (Lipinski definition) is 2. The molecule has 0 heterocycles. The van der Waals surface area contributed by atoms with Crippen LogP contribution in [0.25, 0.3) is 0 Å². The quantitative estimate of drug-likeness (QED) is 0.719. The van der Waals surface area contributed by atoms with E-state index in [0.717, 1.165) is 17.8 Å². The highest BCUT2D eigenvalue weighted by Crippen LogP contribution is 2.64. The summed E-state index contributed by atoms with van der Waals surface area (Å²) >= 11 is 0. The van der Waals surface area contributed by atoms with E-state index in [-0.39, 0.29) is 5.41 Å². The zero-order valence-electron chi connectivity index (χ0n) is 12.8. The van der Waals surface area contributed by atoms with E-state index in [4.69, 9.17) is 4.43 Å². The van der Waals surface area contributed by atoms with Gasteiger partial charge in [-0.25, -0.2) is 0 Å². The van der Waals surface area contributed by atoms with Crippen molar-refractivity contribution in [2.45, 2.75) is 70.7 Å². The van der Waals surface area contributed by atoms with Gasteiger partial charge in [-0.3, -0.25) is 0 Å². The topological polar surface area (TPSA) is 33.0 Å². The molecule has 4 rings (SSSR count). The summed E-state index contributed by atoms with van der Waals surface area (Å²) in [5, 5.41) is 9.86. The zero-order valence-corrected chi connectivity index (χ0v) is 13.8. The van der Waals surface area contributed by atoms with Gasteiger partial charge in [-0.2, -0.15) is 5.26 Å². The molecule has 4 fully saturated rings. The molecule has 19 heavy (non-hydrogen) atoms. The van der Waals surface area contributed by atoms with Crippen LogP contribution in [-0.4, -0.2) is 13.9 Å². The van der Waals surface area contributed by atoms with Gasteiger partial charge in [-0.15, -0.1) is 0 Å². The van der Waals surface area contributed by atoms with Crippen molar-refractivity contribution in [2.24, 2.45) is 23.2 Å². The lowest BCUT2D eigenvalue weighted by Gasteiger charge is -2.61. The van der Waals surface area contributed by atoms with Gasteiger partial charge in [-0.05, 0) is 82.8 Å². The van der Waals surface area contributed by atoms with Gasteiger partial charge < -0.3 is 4.43 Å². The molecular weight excluding hydrogens is 250 g/mol. The zero-order chi connectivity index (χ0) is 13.9. The Morgan fingerprint density at radius 1 is 1.05 bits per heavy atom. The van der Waals surface area contributed by atoms with E-state index < -0.39 is 13.9 Å². The first-order chi connectivity index (χ1) is 8.75. The second-order valence-electron chi connectivity index (χ2n) is 8.56. The SMILES string of the molecule is CC(C#N)(O[Si](C)(C)C)C12CC3CC(CC(C3)C1)C2.